The Bertz CT molecular complexity index is 471. The van der Waals surface area contributed by atoms with Crippen LogP contribution in [0.2, 0.25) is 0 Å². The highest BCUT2D eigenvalue weighted by molar-refractivity contribution is 14.1. The lowest BCUT2D eigenvalue weighted by molar-refractivity contribution is 0.0593. The Morgan fingerprint density at radius 3 is 2.75 bits per heavy atom. The van der Waals surface area contributed by atoms with Gasteiger partial charge < -0.3 is 4.74 Å². The van der Waals surface area contributed by atoms with Crippen LogP contribution in [0.1, 0.15) is 28.2 Å². The molecule has 0 aromatic carbocycles. The molecule has 1 aromatic rings. The predicted octanol–water partition coefficient (Wildman–Crippen LogP) is 2.28. The number of hydrogen-bond donors (Lipinski definition) is 0. The lowest BCUT2D eigenvalue weighted by atomic mass is 10.2. The van der Waals surface area contributed by atoms with E-state index in [0.29, 0.717) is 0 Å². The van der Waals surface area contributed by atoms with Gasteiger partial charge in [-0.2, -0.15) is 5.26 Å². The molecule has 0 aliphatic heterocycles. The smallest absolute Gasteiger partial charge is 0.356 e. The minimum absolute atomic E-state index is 0.0442. The number of carbonyl (C=O) groups is 1. The molecule has 0 atom stereocenters. The van der Waals surface area contributed by atoms with E-state index in [-0.39, 0.29) is 15.0 Å². The third-order valence-corrected chi connectivity index (χ3v) is 2.86. The van der Waals surface area contributed by atoms with Gasteiger partial charge >= 0.3 is 5.97 Å². The Morgan fingerprint density at radius 1 is 1.69 bits per heavy atom. The van der Waals surface area contributed by atoms with Crippen LogP contribution in [0.3, 0.4) is 0 Å². The number of halogens is 3. The molecule has 1 rings (SSSR count). The standard InChI is InChI=1S/C9H5F2IN2O2/c1-16-9(15)5-2-4(8(10)11)7(12)6(3-13)14-5/h2,8H,1H3. The van der Waals surface area contributed by atoms with E-state index in [1.54, 1.807) is 28.7 Å². The molecule has 0 bridgehead atoms. The Hall–Kier alpha value is -1.30. The summed E-state index contributed by atoms with van der Waals surface area (Å²) in [6, 6.07) is 2.58. The third kappa shape index (κ3) is 2.44. The molecular formula is C9H5F2IN2O2. The molecule has 7 heteroatoms. The van der Waals surface area contributed by atoms with Gasteiger partial charge in [0.1, 0.15) is 11.8 Å². The largest absolute Gasteiger partial charge is 0.464 e. The molecule has 16 heavy (non-hydrogen) atoms. The van der Waals surface area contributed by atoms with Crippen molar-refractivity contribution in [2.75, 3.05) is 7.11 Å². The number of hydrogen-bond acceptors (Lipinski definition) is 4. The van der Waals surface area contributed by atoms with Crippen LogP contribution in [0.15, 0.2) is 6.07 Å². The van der Waals surface area contributed by atoms with E-state index in [4.69, 9.17) is 5.26 Å². The molecule has 0 unspecified atom stereocenters. The molecule has 0 saturated heterocycles. The van der Waals surface area contributed by atoms with Crippen LogP contribution in [-0.2, 0) is 4.74 Å². The second kappa shape index (κ2) is 5.16. The maximum absolute atomic E-state index is 12.6. The maximum Gasteiger partial charge on any atom is 0.356 e. The zero-order chi connectivity index (χ0) is 12.3. The van der Waals surface area contributed by atoms with Crippen LogP contribution in [0, 0.1) is 14.9 Å². The van der Waals surface area contributed by atoms with E-state index < -0.39 is 18.0 Å². The SMILES string of the molecule is COC(=O)c1cc(C(F)F)c(I)c(C#N)n1. The second-order valence-corrected chi connectivity index (χ2v) is 3.74. The summed E-state index contributed by atoms with van der Waals surface area (Å²) in [4.78, 5) is 14.8. The fourth-order valence-corrected chi connectivity index (χ4v) is 1.62. The Kier molecular flexibility index (Phi) is 4.12. The molecule has 84 valence electrons. The number of rotatable bonds is 2. The highest BCUT2D eigenvalue weighted by Crippen LogP contribution is 2.26. The lowest BCUT2D eigenvalue weighted by Gasteiger charge is -2.06. The molecule has 0 aliphatic carbocycles. The first-order valence-corrected chi connectivity index (χ1v) is 5.06. The third-order valence-electron chi connectivity index (χ3n) is 1.72. The van der Waals surface area contributed by atoms with Gasteiger partial charge in [0.05, 0.1) is 10.7 Å². The molecule has 0 spiro atoms. The van der Waals surface area contributed by atoms with E-state index >= 15 is 0 Å². The normalized spacial score (nSPS) is 10.0. The van der Waals surface area contributed by atoms with Gasteiger partial charge in [-0.25, -0.2) is 18.6 Å². The van der Waals surface area contributed by atoms with Gasteiger partial charge in [0.2, 0.25) is 0 Å². The topological polar surface area (TPSA) is 63.0 Å². The zero-order valence-electron chi connectivity index (χ0n) is 8.00. The Balaban J connectivity index is 3.41. The number of pyridine rings is 1. The van der Waals surface area contributed by atoms with Crippen LogP contribution in [0.5, 0.6) is 0 Å². The quantitative estimate of drug-likeness (QED) is 0.613. The van der Waals surface area contributed by atoms with E-state index in [1.165, 1.54) is 0 Å². The van der Waals surface area contributed by atoms with Crippen molar-refractivity contribution < 1.29 is 18.3 Å². The lowest BCUT2D eigenvalue weighted by Crippen LogP contribution is -2.09. The van der Waals surface area contributed by atoms with E-state index in [1.807, 2.05) is 0 Å². The van der Waals surface area contributed by atoms with Gasteiger partial charge in [0.25, 0.3) is 6.43 Å². The van der Waals surface area contributed by atoms with Crippen molar-refractivity contribution in [2.45, 2.75) is 6.43 Å². The summed E-state index contributed by atoms with van der Waals surface area (Å²) in [5.74, 6) is -0.852. The van der Waals surface area contributed by atoms with Crippen molar-refractivity contribution in [3.8, 4) is 6.07 Å². The molecule has 0 amide bonds. The molecule has 1 aromatic heterocycles. The number of esters is 1. The van der Waals surface area contributed by atoms with E-state index in [0.717, 1.165) is 13.2 Å². The summed E-state index contributed by atoms with van der Waals surface area (Å²) < 4.78 is 29.6. The van der Waals surface area contributed by atoms with Crippen molar-refractivity contribution in [3.63, 3.8) is 0 Å². The van der Waals surface area contributed by atoms with Crippen molar-refractivity contribution in [1.29, 1.82) is 5.26 Å². The molecular weight excluding hydrogens is 333 g/mol. The van der Waals surface area contributed by atoms with Gasteiger partial charge in [-0.3, -0.25) is 0 Å². The highest BCUT2D eigenvalue weighted by Gasteiger charge is 2.20. The Morgan fingerprint density at radius 2 is 2.31 bits per heavy atom. The molecule has 0 N–H and O–H groups in total. The first kappa shape index (κ1) is 12.8. The van der Waals surface area contributed by atoms with Gasteiger partial charge in [-0.05, 0) is 28.7 Å². The molecule has 0 fully saturated rings. The zero-order valence-corrected chi connectivity index (χ0v) is 10.2. The first-order valence-electron chi connectivity index (χ1n) is 3.98. The summed E-state index contributed by atoms with van der Waals surface area (Å²) in [5, 5.41) is 8.69. The number of carbonyl (C=O) groups excluding carboxylic acids is 1. The number of alkyl halides is 2. The van der Waals surface area contributed by atoms with E-state index in [2.05, 4.69) is 9.72 Å². The van der Waals surface area contributed by atoms with Gasteiger partial charge in [0.15, 0.2) is 5.69 Å². The molecule has 1 heterocycles. The van der Waals surface area contributed by atoms with Gasteiger partial charge in [0, 0.05) is 5.56 Å². The van der Waals surface area contributed by atoms with E-state index in [9.17, 15) is 13.6 Å². The van der Waals surface area contributed by atoms with Gasteiger partial charge in [-0.1, -0.05) is 0 Å². The number of methoxy groups -OCH3 is 1. The fraction of sp³-hybridized carbons (Fsp3) is 0.222. The molecule has 0 aliphatic rings. The highest BCUT2D eigenvalue weighted by atomic mass is 127. The van der Waals surface area contributed by atoms with Gasteiger partial charge in [-0.15, -0.1) is 0 Å². The minimum atomic E-state index is -2.77. The summed E-state index contributed by atoms with van der Waals surface area (Å²) in [5.41, 5.74) is -0.902. The van der Waals surface area contributed by atoms with Crippen LogP contribution in [0.25, 0.3) is 0 Å². The van der Waals surface area contributed by atoms with Crippen molar-refractivity contribution >= 4 is 28.6 Å². The number of nitrogens with zero attached hydrogens (tertiary/aromatic N) is 2. The fourth-order valence-electron chi connectivity index (χ4n) is 0.991. The van der Waals surface area contributed by atoms with Crippen molar-refractivity contribution in [1.82, 2.24) is 4.98 Å². The summed E-state index contributed by atoms with van der Waals surface area (Å²) in [6.45, 7) is 0. The summed E-state index contributed by atoms with van der Waals surface area (Å²) >= 11 is 1.59. The number of ether oxygens (including phenoxy) is 1. The summed E-state index contributed by atoms with van der Waals surface area (Å²) in [6.07, 6.45) is -2.77. The van der Waals surface area contributed by atoms with Crippen LogP contribution < -0.4 is 0 Å². The first-order chi connectivity index (χ1) is 7.51. The molecule has 0 radical (unpaired) electrons. The average Bonchev–Trinajstić information content (AvgIpc) is 2.27. The Labute approximate surface area is 103 Å². The number of nitriles is 1. The number of aromatic nitrogens is 1. The maximum atomic E-state index is 12.6. The van der Waals surface area contributed by atoms with Crippen LogP contribution >= 0.6 is 22.6 Å². The molecule has 4 nitrogen and oxygen atoms in total. The van der Waals surface area contributed by atoms with Crippen LogP contribution in [-0.4, -0.2) is 18.1 Å². The average molecular weight is 338 g/mol. The monoisotopic (exact) mass is 338 g/mol. The van der Waals surface area contributed by atoms with Crippen molar-refractivity contribution in [3.05, 3.63) is 26.6 Å². The summed E-state index contributed by atoms with van der Waals surface area (Å²) in [7, 11) is 1.11. The second-order valence-electron chi connectivity index (χ2n) is 2.66. The molecule has 0 saturated carbocycles. The minimum Gasteiger partial charge on any atom is -0.464 e. The van der Waals surface area contributed by atoms with Crippen molar-refractivity contribution in [2.24, 2.45) is 0 Å². The van der Waals surface area contributed by atoms with Crippen LogP contribution in [0.4, 0.5) is 8.78 Å². The predicted molar refractivity (Wildman–Crippen MR) is 58.0 cm³/mol.